The number of aryl methyl sites for hydroxylation is 1. The third-order valence-corrected chi connectivity index (χ3v) is 16.6. The van der Waals surface area contributed by atoms with Crippen molar-refractivity contribution >= 4 is 40.5 Å². The Morgan fingerprint density at radius 2 is 1.73 bits per heavy atom. The second kappa shape index (κ2) is 19.8. The van der Waals surface area contributed by atoms with E-state index >= 15 is 4.79 Å². The predicted octanol–water partition coefficient (Wildman–Crippen LogP) is 7.02. The van der Waals surface area contributed by atoms with E-state index in [2.05, 4.69) is 91.6 Å². The molecule has 3 N–H and O–H groups in total. The molecule has 4 aliphatic heterocycles. The number of aromatic nitrogens is 2. The van der Waals surface area contributed by atoms with Crippen LogP contribution in [-0.2, 0) is 48.1 Å². The molecule has 2 aromatic heterocycles. The molecule has 14 nitrogen and oxygen atoms in total. The summed E-state index contributed by atoms with van der Waals surface area (Å²) < 4.78 is 8.58. The molecule has 0 unspecified atom stereocenters. The van der Waals surface area contributed by atoms with Crippen LogP contribution in [0.25, 0.3) is 33.3 Å². The average molecular weight is 967 g/mol. The lowest BCUT2D eigenvalue weighted by molar-refractivity contribution is -0.155. The third kappa shape index (κ3) is 9.87. The molecule has 3 saturated heterocycles. The van der Waals surface area contributed by atoms with Gasteiger partial charge in [0.05, 0.1) is 23.9 Å². The van der Waals surface area contributed by atoms with Crippen molar-refractivity contribution in [3.63, 3.8) is 0 Å². The van der Waals surface area contributed by atoms with Crippen LogP contribution in [0.1, 0.15) is 116 Å². The molecule has 5 fully saturated rings. The number of hydrazine groups is 1. The number of nitrogens with zero attached hydrogens (tertiary/aromatic N) is 5. The van der Waals surface area contributed by atoms with Crippen molar-refractivity contribution in [2.45, 2.75) is 148 Å². The molecule has 2 saturated carbocycles. The minimum Gasteiger partial charge on any atom is -0.464 e. The van der Waals surface area contributed by atoms with Crippen molar-refractivity contribution in [3.05, 3.63) is 77.6 Å². The van der Waals surface area contributed by atoms with Crippen molar-refractivity contribution in [1.29, 1.82) is 0 Å². The maximum atomic E-state index is 15.1. The van der Waals surface area contributed by atoms with Gasteiger partial charge in [-0.25, -0.2) is 5.43 Å². The number of carbonyl (C=O) groups excluding carboxylic acids is 5. The van der Waals surface area contributed by atoms with Gasteiger partial charge in [0.15, 0.2) is 0 Å². The maximum Gasteiger partial charge on any atom is 0.324 e. The highest BCUT2D eigenvalue weighted by molar-refractivity contribution is 5.96. The molecule has 6 bridgehead atoms. The number of carbonyl (C=O) groups is 5. The minimum absolute atomic E-state index is 0.0642. The minimum atomic E-state index is -1.01. The molecule has 6 aliphatic rings. The van der Waals surface area contributed by atoms with Crippen LogP contribution in [-0.4, -0.2) is 117 Å². The Morgan fingerprint density at radius 1 is 0.958 bits per heavy atom. The number of likely N-dealkylation sites (tertiary alicyclic amines) is 1. The summed E-state index contributed by atoms with van der Waals surface area (Å²) in [5.74, 6) is -1.00. The molecule has 378 valence electrons. The van der Waals surface area contributed by atoms with Crippen molar-refractivity contribution in [2.75, 3.05) is 33.3 Å². The van der Waals surface area contributed by atoms with Crippen LogP contribution >= 0.6 is 0 Å². The van der Waals surface area contributed by atoms with E-state index in [-0.39, 0.29) is 66.5 Å². The van der Waals surface area contributed by atoms with Crippen molar-refractivity contribution in [1.82, 2.24) is 40.4 Å². The molecular formula is C57H74N8O6. The Bertz CT molecular complexity index is 2700. The monoisotopic (exact) mass is 967 g/mol. The lowest BCUT2D eigenvalue weighted by Gasteiger charge is -2.37. The van der Waals surface area contributed by atoms with Gasteiger partial charge in [0, 0.05) is 73.8 Å². The van der Waals surface area contributed by atoms with Crippen LogP contribution in [0.15, 0.2) is 60.8 Å². The number of esters is 1. The topological polar surface area (TPSA) is 168 Å². The first-order valence-corrected chi connectivity index (χ1v) is 26.7. The Balaban J connectivity index is 0.983. The van der Waals surface area contributed by atoms with E-state index < -0.39 is 35.4 Å². The van der Waals surface area contributed by atoms with Crippen LogP contribution in [0.4, 0.5) is 0 Å². The van der Waals surface area contributed by atoms with Crippen molar-refractivity contribution < 1.29 is 28.7 Å². The molecule has 71 heavy (non-hydrogen) atoms. The Hall–Kier alpha value is -5.60. The normalized spacial score (nSPS) is 26.3. The number of ether oxygens (including phenoxy) is 1. The van der Waals surface area contributed by atoms with Gasteiger partial charge in [-0.2, -0.15) is 0 Å². The lowest BCUT2D eigenvalue weighted by Crippen LogP contribution is -2.62. The fraction of sp³-hybridized carbons (Fsp3) is 0.579. The molecule has 4 amide bonds. The van der Waals surface area contributed by atoms with Crippen LogP contribution in [0, 0.1) is 29.1 Å². The SMILES string of the molecule is CCn1c(-c2cccnc2C(C)C)c2c3cc(ccc31)-c1cccc(c1)C[C@H](NC(=O)[C@H](C1CCCC1)N(C)C(=O)[C@H]1CN(C(=O)[C@@H]3N[C@@H]3C3CC3)C[C@H]1C)C(=O)N1CCC[C@H](N1)C(=O)OCC(C)(C)C2. The molecule has 7 atom stereocenters. The van der Waals surface area contributed by atoms with E-state index in [1.165, 1.54) is 10.6 Å². The predicted molar refractivity (Wildman–Crippen MR) is 274 cm³/mol. The number of cyclic esters (lactones) is 1. The zero-order valence-electron chi connectivity index (χ0n) is 42.8. The summed E-state index contributed by atoms with van der Waals surface area (Å²) in [6, 6.07) is 16.6. The summed E-state index contributed by atoms with van der Waals surface area (Å²) in [7, 11) is 1.73. The number of hydrogen-bond donors (Lipinski definition) is 3. The van der Waals surface area contributed by atoms with Crippen LogP contribution < -0.4 is 16.1 Å². The zero-order valence-corrected chi connectivity index (χ0v) is 42.8. The van der Waals surface area contributed by atoms with Crippen LogP contribution in [0.5, 0.6) is 0 Å². The number of pyridine rings is 1. The summed E-state index contributed by atoms with van der Waals surface area (Å²) in [5.41, 5.74) is 11.2. The first-order chi connectivity index (χ1) is 34.1. The number of nitrogens with one attached hydrogen (secondary N) is 3. The molecule has 2 aromatic carbocycles. The standard InChI is InChI=1S/C57H74N8O6/c1-8-64-46-23-22-39-28-41(46)42(51(64)40-18-12-24-58-47(40)33(2)3)29-57(5,6)32-71-56(70)44-19-13-25-65(61-44)54(68)45(27-35-14-11-17-38(39)26-35)59-52(66)50(37-15-9-10-16-37)62(7)53(67)43-31-63(30-34(43)4)55(69)49-48(60-49)36-20-21-36/h11-12,14,17-18,22-24,26,28,33-34,36-37,43-45,48-50,60-61H,8-10,13,15-16,19-21,25,27,29-32H2,1-7H3,(H,59,66)/t34-,43+,44+,45+,48-,49-,50+/m1/s1. The number of fused-ring (bicyclic) bond motifs is 6. The van der Waals surface area contributed by atoms with Crippen molar-refractivity contribution in [2.24, 2.45) is 29.1 Å². The van der Waals surface area contributed by atoms with Crippen LogP contribution in [0.3, 0.4) is 0 Å². The summed E-state index contributed by atoms with van der Waals surface area (Å²) in [6.07, 6.45) is 9.58. The molecule has 0 radical (unpaired) electrons. The van der Waals surface area contributed by atoms with Crippen molar-refractivity contribution in [3.8, 4) is 22.4 Å². The van der Waals surface area contributed by atoms with E-state index in [9.17, 15) is 19.2 Å². The maximum absolute atomic E-state index is 15.1. The molecule has 10 rings (SSSR count). The van der Waals surface area contributed by atoms with E-state index in [0.717, 1.165) is 89.6 Å². The second-order valence-corrected chi connectivity index (χ2v) is 22.9. The Kier molecular flexibility index (Phi) is 13.7. The number of amides is 4. The Labute approximate surface area is 419 Å². The molecule has 6 heterocycles. The molecule has 14 heteroatoms. The number of hydrogen-bond acceptors (Lipinski definition) is 9. The van der Waals surface area contributed by atoms with E-state index in [1.807, 2.05) is 36.2 Å². The third-order valence-electron chi connectivity index (χ3n) is 16.6. The van der Waals surface area contributed by atoms with Gasteiger partial charge in [-0.1, -0.05) is 77.8 Å². The summed E-state index contributed by atoms with van der Waals surface area (Å²) >= 11 is 0. The van der Waals surface area contributed by atoms with Gasteiger partial charge >= 0.3 is 5.97 Å². The highest BCUT2D eigenvalue weighted by Gasteiger charge is 2.54. The largest absolute Gasteiger partial charge is 0.464 e. The van der Waals surface area contributed by atoms with E-state index in [4.69, 9.17) is 9.72 Å². The first kappa shape index (κ1) is 49.0. The second-order valence-electron chi connectivity index (χ2n) is 22.9. The summed E-state index contributed by atoms with van der Waals surface area (Å²) in [6.45, 7) is 14.9. The highest BCUT2D eigenvalue weighted by atomic mass is 16.5. The van der Waals surface area contributed by atoms with Gasteiger partial charge in [0.2, 0.25) is 17.7 Å². The number of rotatable bonds is 10. The lowest BCUT2D eigenvalue weighted by atomic mass is 9.83. The molecule has 4 aromatic rings. The number of benzene rings is 2. The molecular weight excluding hydrogens is 893 g/mol. The molecule has 0 spiro atoms. The van der Waals surface area contributed by atoms with Gasteiger partial charge in [-0.15, -0.1) is 0 Å². The fourth-order valence-electron chi connectivity index (χ4n) is 12.6. The smallest absolute Gasteiger partial charge is 0.324 e. The quantitative estimate of drug-likeness (QED) is 0.112. The van der Waals surface area contributed by atoms with E-state index in [1.54, 1.807) is 11.9 Å². The van der Waals surface area contributed by atoms with Gasteiger partial charge in [0.1, 0.15) is 24.2 Å². The van der Waals surface area contributed by atoms with Gasteiger partial charge in [-0.05, 0) is 122 Å². The van der Waals surface area contributed by atoms with Crippen LogP contribution in [0.2, 0.25) is 0 Å². The molecule has 2 aliphatic carbocycles. The summed E-state index contributed by atoms with van der Waals surface area (Å²) in [5, 5.41) is 9.21. The van der Waals surface area contributed by atoms with Gasteiger partial charge in [-0.3, -0.25) is 39.3 Å². The average Bonchev–Trinajstić information content (AvgIpc) is 4.25. The van der Waals surface area contributed by atoms with E-state index in [0.29, 0.717) is 44.8 Å². The zero-order chi connectivity index (χ0) is 49.9. The van der Waals surface area contributed by atoms with Gasteiger partial charge in [0.25, 0.3) is 5.91 Å². The highest BCUT2D eigenvalue weighted by Crippen LogP contribution is 2.43. The fourth-order valence-corrected chi connectivity index (χ4v) is 12.6. The van der Waals surface area contributed by atoms with Gasteiger partial charge < -0.3 is 24.4 Å². The summed E-state index contributed by atoms with van der Waals surface area (Å²) in [4.78, 5) is 80.6. The Morgan fingerprint density at radius 3 is 2.48 bits per heavy atom. The number of likely N-dealkylation sites (N-methyl/N-ethyl adjacent to an activating group) is 1. The first-order valence-electron chi connectivity index (χ1n) is 26.7.